The van der Waals surface area contributed by atoms with Crippen LogP contribution in [-0.2, 0) is 34.3 Å². The van der Waals surface area contributed by atoms with Crippen molar-refractivity contribution in [3.63, 3.8) is 0 Å². The predicted molar refractivity (Wildman–Crippen MR) is 179 cm³/mol. The summed E-state index contributed by atoms with van der Waals surface area (Å²) >= 11 is 0. The average molecular weight is 624 g/mol. The van der Waals surface area contributed by atoms with Crippen molar-refractivity contribution in [3.05, 3.63) is 140 Å². The van der Waals surface area contributed by atoms with Crippen LogP contribution in [0.1, 0.15) is 80.6 Å². The Morgan fingerprint density at radius 3 is 0.889 bits per heavy atom. The molecule has 6 heteroatoms. The highest BCUT2D eigenvalue weighted by Gasteiger charge is 2.67. The summed E-state index contributed by atoms with van der Waals surface area (Å²) < 4.78 is 42.5. The van der Waals surface area contributed by atoms with E-state index in [1.807, 2.05) is 13.8 Å². The normalized spacial score (nSPS) is 21.8. The largest absolute Gasteiger partial charge is 0.371 e. The van der Waals surface area contributed by atoms with Gasteiger partial charge in [0.25, 0.3) is 0 Å². The lowest BCUT2D eigenvalue weighted by molar-refractivity contribution is -0.174. The van der Waals surface area contributed by atoms with E-state index >= 15 is 0 Å². The average Bonchev–Trinajstić information content (AvgIpc) is 3.18. The Labute approximate surface area is 268 Å². The van der Waals surface area contributed by atoms with Gasteiger partial charge < -0.3 is 9.47 Å². The fraction of sp³-hybridized carbons (Fsp3) is 0.385. The summed E-state index contributed by atoms with van der Waals surface area (Å²) in [6.07, 6.45) is -1.50. The van der Waals surface area contributed by atoms with Gasteiger partial charge in [-0.1, -0.05) is 117 Å². The minimum Gasteiger partial charge on any atom is -0.341 e. The SMILES string of the molecule is Cc1cc(C)cc(C2(c3cc(C)cc(C)c3)O[P](=O)OC(c3cc(C)cc(C)c3)(c3cc(C)cc(C)c3)[C@@H]3OC(C)(C)O[C@H]32)c1. The molecule has 0 bridgehead atoms. The zero-order valence-corrected chi connectivity index (χ0v) is 29.0. The second-order valence-electron chi connectivity index (χ2n) is 13.9. The zero-order chi connectivity index (χ0) is 32.5. The van der Waals surface area contributed by atoms with Gasteiger partial charge in [0.15, 0.2) is 17.0 Å². The van der Waals surface area contributed by atoms with Crippen LogP contribution in [0.4, 0.5) is 0 Å². The van der Waals surface area contributed by atoms with Gasteiger partial charge in [0.05, 0.1) is 0 Å². The number of ether oxygens (including phenoxy) is 2. The first-order chi connectivity index (χ1) is 21.1. The number of fused-ring (bicyclic) bond motifs is 1. The summed E-state index contributed by atoms with van der Waals surface area (Å²) in [5, 5.41) is 0. The van der Waals surface area contributed by atoms with E-state index in [9.17, 15) is 4.57 Å². The van der Waals surface area contributed by atoms with Crippen LogP contribution in [0.2, 0.25) is 0 Å². The summed E-state index contributed by atoms with van der Waals surface area (Å²) in [5.74, 6) is -1.00. The monoisotopic (exact) mass is 623 g/mol. The fourth-order valence-corrected chi connectivity index (χ4v) is 8.81. The maximum Gasteiger partial charge on any atom is 0.371 e. The standard InChI is InChI=1S/C39H44O5P/c1-23-11-24(2)16-31(15-23)38(32-17-25(3)12-26(4)18-32)35-36(42-37(9,10)41-35)39(44-45(40)43-38,33-19-27(5)13-28(6)20-33)34-21-29(7)14-30(8)22-34/h11-22,35-36H,1-10H3/t35-,36-/m1/s1. The van der Waals surface area contributed by atoms with Gasteiger partial charge in [-0.15, -0.1) is 0 Å². The van der Waals surface area contributed by atoms with E-state index in [1.165, 1.54) is 0 Å². The molecular weight excluding hydrogens is 579 g/mol. The Bertz CT molecular complexity index is 1510. The molecule has 4 aromatic carbocycles. The molecule has 2 atom stereocenters. The predicted octanol–water partition coefficient (Wildman–Crippen LogP) is 9.57. The van der Waals surface area contributed by atoms with E-state index in [4.69, 9.17) is 18.5 Å². The second kappa shape index (κ2) is 11.3. The van der Waals surface area contributed by atoms with Crippen molar-refractivity contribution in [3.8, 4) is 0 Å². The molecule has 0 unspecified atom stereocenters. The number of hydrogen-bond donors (Lipinski definition) is 0. The first-order valence-corrected chi connectivity index (χ1v) is 16.8. The fourth-order valence-electron chi connectivity index (χ4n) is 7.67. The molecule has 6 rings (SSSR count). The Hall–Kier alpha value is -3.18. The molecule has 2 aliphatic heterocycles. The van der Waals surface area contributed by atoms with Crippen LogP contribution in [-0.4, -0.2) is 18.0 Å². The van der Waals surface area contributed by atoms with Crippen LogP contribution >= 0.6 is 8.25 Å². The summed E-state index contributed by atoms with van der Waals surface area (Å²) in [6, 6.07) is 25.4. The zero-order valence-electron chi connectivity index (χ0n) is 28.1. The van der Waals surface area contributed by atoms with E-state index in [0.29, 0.717) is 0 Å². The molecule has 235 valence electrons. The number of hydrogen-bond acceptors (Lipinski definition) is 5. The summed E-state index contributed by atoms with van der Waals surface area (Å²) in [7, 11) is -2.73. The van der Waals surface area contributed by atoms with Crippen molar-refractivity contribution < 1.29 is 23.1 Å². The minimum atomic E-state index is -2.73. The molecule has 2 saturated heterocycles. The van der Waals surface area contributed by atoms with E-state index in [0.717, 1.165) is 66.8 Å². The highest BCUT2D eigenvalue weighted by Crippen LogP contribution is 2.61. The molecule has 0 aromatic heterocycles. The minimum absolute atomic E-state index is 0.752. The van der Waals surface area contributed by atoms with Crippen LogP contribution in [0, 0.1) is 55.4 Å². The van der Waals surface area contributed by atoms with Gasteiger partial charge in [-0.05, 0) is 91.5 Å². The van der Waals surface area contributed by atoms with Crippen molar-refractivity contribution >= 4 is 8.25 Å². The van der Waals surface area contributed by atoms with Crippen LogP contribution in [0.25, 0.3) is 0 Å². The molecule has 2 heterocycles. The molecule has 0 N–H and O–H groups in total. The lowest BCUT2D eigenvalue weighted by Crippen LogP contribution is -2.53. The smallest absolute Gasteiger partial charge is 0.341 e. The van der Waals surface area contributed by atoms with Crippen LogP contribution in [0.15, 0.2) is 72.8 Å². The van der Waals surface area contributed by atoms with Crippen molar-refractivity contribution in [1.29, 1.82) is 0 Å². The molecule has 0 amide bonds. The van der Waals surface area contributed by atoms with Crippen molar-refractivity contribution in [2.24, 2.45) is 0 Å². The van der Waals surface area contributed by atoms with Gasteiger partial charge in [0.1, 0.15) is 12.2 Å². The number of rotatable bonds is 4. The summed E-state index contributed by atoms with van der Waals surface area (Å²) in [4.78, 5) is 0. The van der Waals surface area contributed by atoms with Crippen LogP contribution in [0.3, 0.4) is 0 Å². The molecule has 0 aliphatic carbocycles. The van der Waals surface area contributed by atoms with Gasteiger partial charge in [-0.3, -0.25) is 9.05 Å². The maximum absolute atomic E-state index is 14.7. The Kier molecular flexibility index (Phi) is 7.95. The summed E-state index contributed by atoms with van der Waals surface area (Å²) in [5.41, 5.74) is 9.34. The van der Waals surface area contributed by atoms with Gasteiger partial charge in [0, 0.05) is 0 Å². The van der Waals surface area contributed by atoms with E-state index in [-0.39, 0.29) is 0 Å². The molecular formula is C39H44O5P. The first-order valence-electron chi connectivity index (χ1n) is 15.7. The third-order valence-corrected chi connectivity index (χ3v) is 9.81. The Balaban J connectivity index is 1.76. The summed E-state index contributed by atoms with van der Waals surface area (Å²) in [6.45, 7) is 20.4. The van der Waals surface area contributed by atoms with Crippen LogP contribution in [0.5, 0.6) is 0 Å². The quantitative estimate of drug-likeness (QED) is 0.212. The third-order valence-electron chi connectivity index (χ3n) is 8.94. The molecule has 0 saturated carbocycles. The molecule has 0 spiro atoms. The lowest BCUT2D eigenvalue weighted by atomic mass is 9.70. The number of aryl methyl sites for hydroxylation is 8. The molecule has 1 radical (unpaired) electrons. The molecule has 2 fully saturated rings. The topological polar surface area (TPSA) is 54.0 Å². The third kappa shape index (κ3) is 5.60. The molecule has 4 aromatic rings. The highest BCUT2D eigenvalue weighted by molar-refractivity contribution is 7.33. The molecule has 5 nitrogen and oxygen atoms in total. The Morgan fingerprint density at radius 1 is 0.444 bits per heavy atom. The van der Waals surface area contributed by atoms with E-state index < -0.39 is 37.5 Å². The molecule has 2 aliphatic rings. The van der Waals surface area contributed by atoms with Gasteiger partial charge in [0.2, 0.25) is 0 Å². The van der Waals surface area contributed by atoms with Crippen molar-refractivity contribution in [2.45, 2.75) is 98.4 Å². The van der Waals surface area contributed by atoms with Gasteiger partial charge in [-0.25, -0.2) is 4.57 Å². The lowest BCUT2D eigenvalue weighted by Gasteiger charge is -2.42. The highest BCUT2D eigenvalue weighted by atomic mass is 31.1. The second-order valence-corrected chi connectivity index (χ2v) is 14.7. The maximum atomic E-state index is 14.7. The number of benzene rings is 4. The van der Waals surface area contributed by atoms with E-state index in [1.54, 1.807) is 0 Å². The molecule has 45 heavy (non-hydrogen) atoms. The van der Waals surface area contributed by atoms with Gasteiger partial charge >= 0.3 is 8.25 Å². The van der Waals surface area contributed by atoms with Crippen molar-refractivity contribution in [1.82, 2.24) is 0 Å². The Morgan fingerprint density at radius 2 is 0.667 bits per heavy atom. The first kappa shape index (κ1) is 31.8. The van der Waals surface area contributed by atoms with Crippen LogP contribution < -0.4 is 0 Å². The van der Waals surface area contributed by atoms with E-state index in [2.05, 4.69) is 128 Å². The van der Waals surface area contributed by atoms with Crippen molar-refractivity contribution in [2.75, 3.05) is 0 Å². The van der Waals surface area contributed by atoms with Gasteiger partial charge in [-0.2, -0.15) is 0 Å².